The molecule has 0 unspecified atom stereocenters. The van der Waals surface area contributed by atoms with Gasteiger partial charge in [-0.15, -0.1) is 12.4 Å². The van der Waals surface area contributed by atoms with Crippen LogP contribution in [0.1, 0.15) is 11.9 Å². The number of aromatic nitrogens is 3. The molecule has 13 heteroatoms. The van der Waals surface area contributed by atoms with E-state index in [1.54, 1.807) is 23.2 Å². The van der Waals surface area contributed by atoms with Crippen molar-refractivity contribution in [1.82, 2.24) is 25.3 Å². The van der Waals surface area contributed by atoms with Crippen LogP contribution in [0.5, 0.6) is 5.75 Å². The van der Waals surface area contributed by atoms with Crippen LogP contribution in [0.4, 0.5) is 5.82 Å². The van der Waals surface area contributed by atoms with Crippen LogP contribution in [0.3, 0.4) is 0 Å². The van der Waals surface area contributed by atoms with E-state index in [0.717, 1.165) is 0 Å². The van der Waals surface area contributed by atoms with Crippen LogP contribution in [0.2, 0.25) is 0 Å². The number of para-hydroxylation sites is 1. The van der Waals surface area contributed by atoms with Crippen molar-refractivity contribution < 1.29 is 22.5 Å². The van der Waals surface area contributed by atoms with Gasteiger partial charge in [-0.1, -0.05) is 23.4 Å². The summed E-state index contributed by atoms with van der Waals surface area (Å²) in [4.78, 5) is 25.5. The maximum atomic E-state index is 12.9. The fourth-order valence-corrected chi connectivity index (χ4v) is 5.30. The van der Waals surface area contributed by atoms with Crippen molar-refractivity contribution in [1.29, 1.82) is 0 Å². The first kappa shape index (κ1) is 25.9. The Morgan fingerprint density at radius 1 is 1.11 bits per heavy atom. The highest BCUT2D eigenvalue weighted by molar-refractivity contribution is 7.91. The minimum Gasteiger partial charge on any atom is -0.484 e. The van der Waals surface area contributed by atoms with Gasteiger partial charge in [0.25, 0.3) is 11.8 Å². The van der Waals surface area contributed by atoms with Gasteiger partial charge in [-0.2, -0.15) is 4.98 Å². The van der Waals surface area contributed by atoms with E-state index in [9.17, 15) is 13.2 Å². The molecule has 0 spiro atoms. The van der Waals surface area contributed by atoms with E-state index in [4.69, 9.17) is 9.26 Å². The lowest BCUT2D eigenvalue weighted by Gasteiger charge is -2.33. The molecule has 3 aromatic rings. The second-order valence-electron chi connectivity index (χ2n) is 8.41. The average molecular weight is 535 g/mol. The molecule has 1 atom stereocenters. The van der Waals surface area contributed by atoms with E-state index < -0.39 is 15.9 Å². The molecule has 1 amide bonds. The van der Waals surface area contributed by atoms with E-state index >= 15 is 0 Å². The third kappa shape index (κ3) is 5.94. The number of amides is 1. The summed E-state index contributed by atoms with van der Waals surface area (Å²) in [6.45, 7) is 2.43. The first-order valence-corrected chi connectivity index (χ1v) is 13.2. The van der Waals surface area contributed by atoms with Gasteiger partial charge >= 0.3 is 0 Å². The van der Waals surface area contributed by atoms with E-state index in [0.29, 0.717) is 61.6 Å². The van der Waals surface area contributed by atoms with Crippen LogP contribution >= 0.6 is 12.4 Å². The van der Waals surface area contributed by atoms with Crippen LogP contribution < -0.4 is 15.0 Å². The summed E-state index contributed by atoms with van der Waals surface area (Å²) < 4.78 is 34.5. The number of halogens is 1. The van der Waals surface area contributed by atoms with Crippen molar-refractivity contribution in [2.75, 3.05) is 55.7 Å². The smallest absolute Gasteiger partial charge is 0.261 e. The van der Waals surface area contributed by atoms with Crippen molar-refractivity contribution in [2.45, 2.75) is 6.04 Å². The fraction of sp³-hybridized carbons (Fsp3) is 0.391. The predicted molar refractivity (Wildman–Crippen MR) is 135 cm³/mol. The Hall–Kier alpha value is -3.22. The van der Waals surface area contributed by atoms with Crippen LogP contribution in [-0.2, 0) is 14.6 Å². The Kier molecular flexibility index (Phi) is 8.07. The van der Waals surface area contributed by atoms with Gasteiger partial charge in [0.15, 0.2) is 16.4 Å². The Morgan fingerprint density at radius 3 is 2.61 bits per heavy atom. The van der Waals surface area contributed by atoms with Gasteiger partial charge in [-0.3, -0.25) is 4.79 Å². The lowest BCUT2D eigenvalue weighted by atomic mass is 10.2. The Balaban J connectivity index is 0.00000304. The highest BCUT2D eigenvalue weighted by Gasteiger charge is 2.32. The monoisotopic (exact) mass is 534 g/mol. The van der Waals surface area contributed by atoms with Crippen molar-refractivity contribution in [3.63, 3.8) is 0 Å². The second kappa shape index (κ2) is 11.2. The van der Waals surface area contributed by atoms with Crippen LogP contribution in [0, 0.1) is 0 Å². The highest BCUT2D eigenvalue weighted by atomic mass is 35.5. The van der Waals surface area contributed by atoms with Gasteiger partial charge in [-0.05, 0) is 24.3 Å². The summed E-state index contributed by atoms with van der Waals surface area (Å²) in [7, 11) is -2.95. The summed E-state index contributed by atoms with van der Waals surface area (Å²) >= 11 is 0. The maximum absolute atomic E-state index is 12.9. The number of sulfone groups is 1. The molecule has 1 aromatic carbocycles. The normalized spacial score (nSPS) is 19.4. The van der Waals surface area contributed by atoms with Gasteiger partial charge < -0.3 is 24.4 Å². The number of hydrogen-bond donors (Lipinski definition) is 1. The summed E-state index contributed by atoms with van der Waals surface area (Å²) in [5.74, 6) is 2.16. The number of nitrogens with zero attached hydrogens (tertiary/aromatic N) is 5. The maximum Gasteiger partial charge on any atom is 0.261 e. The predicted octanol–water partition coefficient (Wildman–Crippen LogP) is 1.34. The molecule has 2 aliphatic heterocycles. The molecule has 0 radical (unpaired) electrons. The fourth-order valence-electron chi connectivity index (χ4n) is 4.10. The SMILES string of the molecule is Cl.O=C(COc1ccccc1)N1CCNC[C@@H]1c1nc(-c2ccc(N3CCS(=O)(=O)CC3)nc2)no1. The Labute approximate surface area is 215 Å². The van der Waals surface area contributed by atoms with E-state index in [1.165, 1.54) is 0 Å². The molecule has 2 fully saturated rings. The molecule has 11 nitrogen and oxygen atoms in total. The highest BCUT2D eigenvalue weighted by Crippen LogP contribution is 2.25. The number of nitrogens with one attached hydrogen (secondary N) is 1. The zero-order valence-electron chi connectivity index (χ0n) is 19.4. The van der Waals surface area contributed by atoms with Gasteiger partial charge in [-0.25, -0.2) is 13.4 Å². The molecule has 2 aromatic heterocycles. The topological polar surface area (TPSA) is 131 Å². The van der Waals surface area contributed by atoms with Crippen LogP contribution in [-0.4, -0.2) is 85.2 Å². The number of piperazine rings is 1. The third-order valence-corrected chi connectivity index (χ3v) is 7.68. The largest absolute Gasteiger partial charge is 0.484 e. The van der Waals surface area contributed by atoms with Crippen molar-refractivity contribution in [3.05, 3.63) is 54.6 Å². The molecule has 4 heterocycles. The minimum atomic E-state index is -2.95. The van der Waals surface area contributed by atoms with Gasteiger partial charge in [0.2, 0.25) is 5.82 Å². The van der Waals surface area contributed by atoms with Crippen molar-refractivity contribution in [3.8, 4) is 17.1 Å². The number of anilines is 1. The van der Waals surface area contributed by atoms with E-state index in [1.807, 2.05) is 35.2 Å². The summed E-state index contributed by atoms with van der Waals surface area (Å²) in [6, 6.07) is 12.4. The molecule has 192 valence electrons. The quantitative estimate of drug-likeness (QED) is 0.494. The lowest BCUT2D eigenvalue weighted by Crippen LogP contribution is -2.50. The molecule has 0 aliphatic carbocycles. The van der Waals surface area contributed by atoms with Crippen LogP contribution in [0.15, 0.2) is 53.2 Å². The number of ether oxygens (including phenoxy) is 1. The number of hydrogen-bond acceptors (Lipinski definition) is 10. The molecular weight excluding hydrogens is 508 g/mol. The molecule has 2 aliphatic rings. The standard InChI is InChI=1S/C23H26N6O5S.ClH/c30-21(16-33-18-4-2-1-3-5-18)29-9-8-24-15-19(29)23-26-22(27-34-23)17-6-7-20(25-14-17)28-10-12-35(31,32)13-11-28;/h1-7,14,19,24H,8-13,15-16H2;1H/t19-;/m1./s1. The van der Waals surface area contributed by atoms with Crippen molar-refractivity contribution in [2.24, 2.45) is 0 Å². The van der Waals surface area contributed by atoms with Gasteiger partial charge in [0.1, 0.15) is 17.6 Å². The first-order valence-electron chi connectivity index (χ1n) is 11.4. The molecule has 5 rings (SSSR count). The minimum absolute atomic E-state index is 0. The molecule has 0 bridgehead atoms. The number of carbonyl (C=O) groups excluding carboxylic acids is 1. The Morgan fingerprint density at radius 2 is 1.89 bits per heavy atom. The van der Waals surface area contributed by atoms with E-state index in [-0.39, 0.29) is 36.4 Å². The van der Waals surface area contributed by atoms with Crippen molar-refractivity contribution >= 4 is 34.0 Å². The molecule has 2 saturated heterocycles. The molecule has 1 N–H and O–H groups in total. The van der Waals surface area contributed by atoms with Gasteiger partial charge in [0, 0.05) is 44.5 Å². The van der Waals surface area contributed by atoms with Crippen LogP contribution in [0.25, 0.3) is 11.4 Å². The zero-order chi connectivity index (χ0) is 24.3. The summed E-state index contributed by atoms with van der Waals surface area (Å²) in [5.41, 5.74) is 0.669. The zero-order valence-corrected chi connectivity index (χ0v) is 21.1. The first-order chi connectivity index (χ1) is 17.0. The molecule has 0 saturated carbocycles. The van der Waals surface area contributed by atoms with Gasteiger partial charge in [0.05, 0.1) is 11.5 Å². The number of pyridine rings is 1. The number of carbonyl (C=O) groups is 1. The second-order valence-corrected chi connectivity index (χ2v) is 10.7. The molecular formula is C23H27ClN6O5S. The average Bonchev–Trinajstić information content (AvgIpc) is 3.38. The Bertz CT molecular complexity index is 1260. The molecule has 36 heavy (non-hydrogen) atoms. The number of rotatable bonds is 6. The lowest BCUT2D eigenvalue weighted by molar-refractivity contribution is -0.137. The third-order valence-electron chi connectivity index (χ3n) is 6.07. The summed E-state index contributed by atoms with van der Waals surface area (Å²) in [6.07, 6.45) is 1.64. The van der Waals surface area contributed by atoms with E-state index in [2.05, 4.69) is 20.4 Å². The number of benzene rings is 1. The summed E-state index contributed by atoms with van der Waals surface area (Å²) in [5, 5.41) is 7.36.